The first-order valence-corrected chi connectivity index (χ1v) is 12.7. The maximum atomic E-state index is 13.2. The monoisotopic (exact) mass is 532 g/mol. The molecule has 3 N–H and O–H groups in total. The number of hydrogen-bond donors (Lipinski definition) is 3. The molecule has 3 aromatic carbocycles. The van der Waals surface area contributed by atoms with E-state index in [0.717, 1.165) is 24.2 Å². The van der Waals surface area contributed by atoms with E-state index in [0.29, 0.717) is 39.8 Å². The summed E-state index contributed by atoms with van der Waals surface area (Å²) in [6.07, 6.45) is 0.667. The fraction of sp³-hybridized carbons (Fsp3) is 0.241. The highest BCUT2D eigenvalue weighted by Crippen LogP contribution is 2.38. The predicted octanol–water partition coefficient (Wildman–Crippen LogP) is 4.79. The van der Waals surface area contributed by atoms with Crippen LogP contribution in [0.5, 0.6) is 0 Å². The molecule has 9 heteroatoms. The number of nitrogens with zero attached hydrogens (tertiary/aromatic N) is 2. The third kappa shape index (κ3) is 6.27. The second-order valence-electron chi connectivity index (χ2n) is 9.07. The van der Waals surface area contributed by atoms with Crippen molar-refractivity contribution in [2.24, 2.45) is 4.99 Å². The first kappa shape index (κ1) is 27.0. The number of anilines is 2. The van der Waals surface area contributed by atoms with Gasteiger partial charge in [-0.05, 0) is 79.2 Å². The van der Waals surface area contributed by atoms with E-state index < -0.39 is 11.9 Å². The number of hydrogen-bond acceptors (Lipinski definition) is 5. The molecule has 0 saturated heterocycles. The largest absolute Gasteiger partial charge is 0.481 e. The summed E-state index contributed by atoms with van der Waals surface area (Å²) in [4.78, 5) is 43.3. The average Bonchev–Trinajstić information content (AvgIpc) is 3.19. The lowest BCUT2D eigenvalue weighted by Crippen LogP contribution is -2.31. The van der Waals surface area contributed by atoms with Crippen molar-refractivity contribution in [3.8, 4) is 0 Å². The molecule has 1 atom stereocenters. The summed E-state index contributed by atoms with van der Waals surface area (Å²) in [7, 11) is 1.87. The maximum absolute atomic E-state index is 13.2. The Morgan fingerprint density at radius 1 is 1.11 bits per heavy atom. The summed E-state index contributed by atoms with van der Waals surface area (Å²) < 4.78 is 0. The molecule has 3 aromatic rings. The molecule has 0 radical (unpaired) electrons. The van der Waals surface area contributed by atoms with E-state index in [2.05, 4.69) is 10.6 Å². The Balaban J connectivity index is 1.75. The summed E-state index contributed by atoms with van der Waals surface area (Å²) in [5, 5.41) is 15.8. The summed E-state index contributed by atoms with van der Waals surface area (Å²) >= 11 is 6.15. The Hall–Kier alpha value is -4.01. The van der Waals surface area contributed by atoms with Gasteiger partial charge in [-0.1, -0.05) is 35.9 Å². The van der Waals surface area contributed by atoms with Gasteiger partial charge in [-0.25, -0.2) is 0 Å². The minimum Gasteiger partial charge on any atom is -0.481 e. The van der Waals surface area contributed by atoms with Gasteiger partial charge in [-0.3, -0.25) is 19.4 Å². The van der Waals surface area contributed by atoms with Crippen LogP contribution in [0.2, 0.25) is 5.02 Å². The number of aliphatic imine (C=N–C) groups is 1. The van der Waals surface area contributed by atoms with Crippen molar-refractivity contribution in [3.63, 3.8) is 0 Å². The van der Waals surface area contributed by atoms with Crippen molar-refractivity contribution in [2.45, 2.75) is 25.7 Å². The average molecular weight is 533 g/mol. The maximum Gasteiger partial charge on any atom is 0.307 e. The van der Waals surface area contributed by atoms with Gasteiger partial charge in [0.2, 0.25) is 11.8 Å². The van der Waals surface area contributed by atoms with E-state index in [1.54, 1.807) is 53.4 Å². The topological polar surface area (TPSA) is 111 Å². The van der Waals surface area contributed by atoms with Gasteiger partial charge in [-0.2, -0.15) is 0 Å². The van der Waals surface area contributed by atoms with Crippen LogP contribution < -0.4 is 15.5 Å². The van der Waals surface area contributed by atoms with Crippen molar-refractivity contribution in [3.05, 3.63) is 88.4 Å². The molecule has 2 amide bonds. The van der Waals surface area contributed by atoms with Crippen LogP contribution in [0, 0.1) is 0 Å². The zero-order valence-electron chi connectivity index (χ0n) is 21.2. The molecule has 0 aromatic heterocycles. The fourth-order valence-corrected chi connectivity index (χ4v) is 4.72. The van der Waals surface area contributed by atoms with Crippen LogP contribution in [0.4, 0.5) is 17.1 Å². The lowest BCUT2D eigenvalue weighted by Gasteiger charge is -2.21. The minimum atomic E-state index is -0.945. The molecule has 8 nitrogen and oxygen atoms in total. The highest BCUT2D eigenvalue weighted by atomic mass is 35.5. The number of carboxylic acid groups (broad SMARTS) is 1. The van der Waals surface area contributed by atoms with Gasteiger partial charge in [0.15, 0.2) is 0 Å². The second-order valence-corrected chi connectivity index (χ2v) is 9.50. The number of nitrogens with one attached hydrogen (secondary N) is 2. The van der Waals surface area contributed by atoms with Gasteiger partial charge in [0.25, 0.3) is 0 Å². The molecule has 0 fully saturated rings. The number of amides is 2. The number of carbonyl (C=O) groups excluding carboxylic acids is 2. The van der Waals surface area contributed by atoms with E-state index in [-0.39, 0.29) is 18.2 Å². The molecule has 1 heterocycles. The van der Waals surface area contributed by atoms with Gasteiger partial charge in [0, 0.05) is 29.9 Å². The number of aliphatic carboxylic acids is 1. The number of benzene rings is 3. The van der Waals surface area contributed by atoms with Crippen LogP contribution in [-0.2, 0) is 20.8 Å². The number of carbonyl (C=O) groups is 3. The molecule has 0 spiro atoms. The highest BCUT2D eigenvalue weighted by Gasteiger charge is 2.35. The molecular formula is C29H29ClN4O4. The zero-order valence-corrected chi connectivity index (χ0v) is 22.0. The zero-order chi connectivity index (χ0) is 27.2. The minimum absolute atomic E-state index is 0.0498. The highest BCUT2D eigenvalue weighted by molar-refractivity contribution is 6.31. The first-order valence-electron chi connectivity index (χ1n) is 12.3. The van der Waals surface area contributed by atoms with Crippen LogP contribution in [0.1, 0.15) is 36.0 Å². The summed E-state index contributed by atoms with van der Waals surface area (Å²) in [6.45, 7) is 2.92. The first-order chi connectivity index (χ1) is 18.3. The standard InChI is InChI=1S/C29H29ClN4O4/c1-18(35)34(14-4-13-31-2)23-10-8-22(9-11-23)32-28(20-6-3-5-19(15-20)16-26(36)37)27-24-12-7-21(30)17-25(24)33-29(27)38/h3,5-12,15,17,27,31H,4,13-14,16H2,1-2H3,(H,33,38)(H,36,37). The molecule has 1 unspecified atom stereocenters. The van der Waals surface area contributed by atoms with Crippen LogP contribution in [0.25, 0.3) is 0 Å². The molecule has 1 aliphatic rings. The van der Waals surface area contributed by atoms with E-state index >= 15 is 0 Å². The Labute approximate surface area is 226 Å². The van der Waals surface area contributed by atoms with Gasteiger partial charge in [-0.15, -0.1) is 0 Å². The smallest absolute Gasteiger partial charge is 0.307 e. The summed E-state index contributed by atoms with van der Waals surface area (Å²) in [5.41, 5.74) is 4.46. The van der Waals surface area contributed by atoms with Crippen LogP contribution >= 0.6 is 11.6 Å². The van der Waals surface area contributed by atoms with E-state index in [1.165, 1.54) is 6.92 Å². The van der Waals surface area contributed by atoms with Gasteiger partial charge < -0.3 is 20.6 Å². The van der Waals surface area contributed by atoms with Gasteiger partial charge >= 0.3 is 5.97 Å². The van der Waals surface area contributed by atoms with E-state index in [1.807, 2.05) is 25.2 Å². The third-order valence-corrected chi connectivity index (χ3v) is 6.53. The molecule has 0 bridgehead atoms. The molecule has 1 aliphatic heterocycles. The van der Waals surface area contributed by atoms with Crippen molar-refractivity contribution in [2.75, 3.05) is 30.4 Å². The number of halogens is 1. The Bertz CT molecular complexity index is 1390. The van der Waals surface area contributed by atoms with Crippen LogP contribution in [-0.4, -0.2) is 48.7 Å². The Kier molecular flexibility index (Phi) is 8.55. The molecule has 196 valence electrons. The summed E-state index contributed by atoms with van der Waals surface area (Å²) in [5.74, 6) is -1.95. The number of rotatable bonds is 10. The van der Waals surface area contributed by atoms with E-state index in [9.17, 15) is 19.5 Å². The molecule has 0 aliphatic carbocycles. The molecule has 38 heavy (non-hydrogen) atoms. The third-order valence-electron chi connectivity index (χ3n) is 6.30. The normalized spacial score (nSPS) is 14.7. The van der Waals surface area contributed by atoms with Gasteiger partial charge in [0.05, 0.1) is 17.8 Å². The van der Waals surface area contributed by atoms with Crippen molar-refractivity contribution >= 4 is 52.2 Å². The van der Waals surface area contributed by atoms with Crippen LogP contribution in [0.3, 0.4) is 0 Å². The van der Waals surface area contributed by atoms with Crippen molar-refractivity contribution in [1.29, 1.82) is 0 Å². The molecular weight excluding hydrogens is 504 g/mol. The molecule has 4 rings (SSSR count). The fourth-order valence-electron chi connectivity index (χ4n) is 4.55. The quantitative estimate of drug-likeness (QED) is 0.257. The SMILES string of the molecule is CNCCCN(C(C)=O)c1ccc(N=C(c2cccc(CC(=O)O)c2)C2C(=O)Nc3cc(Cl)ccc32)cc1. The van der Waals surface area contributed by atoms with Gasteiger partial charge in [0.1, 0.15) is 5.92 Å². The number of carboxylic acids is 1. The van der Waals surface area contributed by atoms with Crippen molar-refractivity contribution < 1.29 is 19.5 Å². The lowest BCUT2D eigenvalue weighted by atomic mass is 9.89. The van der Waals surface area contributed by atoms with E-state index in [4.69, 9.17) is 16.6 Å². The van der Waals surface area contributed by atoms with Crippen LogP contribution in [0.15, 0.2) is 71.7 Å². The molecule has 0 saturated carbocycles. The Morgan fingerprint density at radius 2 is 1.87 bits per heavy atom. The number of fused-ring (bicyclic) bond motifs is 1. The second kappa shape index (κ2) is 12.0. The summed E-state index contributed by atoms with van der Waals surface area (Å²) in [6, 6.07) is 19.6. The van der Waals surface area contributed by atoms with Crippen molar-refractivity contribution in [1.82, 2.24) is 5.32 Å². The Morgan fingerprint density at radius 3 is 2.55 bits per heavy atom. The lowest BCUT2D eigenvalue weighted by molar-refractivity contribution is -0.136. The predicted molar refractivity (Wildman–Crippen MR) is 150 cm³/mol.